The summed E-state index contributed by atoms with van der Waals surface area (Å²) in [5, 5.41) is 16.2. The first-order chi connectivity index (χ1) is 18.0. The molecule has 0 aliphatic rings. The maximum absolute atomic E-state index is 11.9. The predicted molar refractivity (Wildman–Crippen MR) is 142 cm³/mol. The van der Waals surface area contributed by atoms with E-state index < -0.39 is 11.9 Å². The Labute approximate surface area is 235 Å². The van der Waals surface area contributed by atoms with Gasteiger partial charge in [-0.15, -0.1) is 0 Å². The zero-order valence-corrected chi connectivity index (χ0v) is 25.0. The normalized spacial score (nSPS) is 10.7. The molecule has 0 radical (unpaired) electrons. The van der Waals surface area contributed by atoms with Crippen molar-refractivity contribution in [1.82, 2.24) is 29.9 Å². The fraction of sp³-hybridized carbons (Fsp3) is 0.417. The van der Waals surface area contributed by atoms with Crippen LogP contribution in [0.25, 0.3) is 0 Å². The summed E-state index contributed by atoms with van der Waals surface area (Å²) < 4.78 is 24.8. The first-order valence-corrected chi connectivity index (χ1v) is 13.3. The zero-order chi connectivity index (χ0) is 28.0. The lowest BCUT2D eigenvalue weighted by molar-refractivity contribution is 0.0504. The molecule has 0 unspecified atom stereocenters. The molecule has 0 fully saturated rings. The molecule has 204 valence electrons. The first kappa shape index (κ1) is 29.3. The van der Waals surface area contributed by atoms with Crippen LogP contribution in [0.2, 0.25) is 0 Å². The van der Waals surface area contributed by atoms with Gasteiger partial charge in [-0.3, -0.25) is 4.68 Å². The van der Waals surface area contributed by atoms with Gasteiger partial charge in [-0.25, -0.2) is 14.3 Å². The molecule has 4 heterocycles. The van der Waals surface area contributed by atoms with Crippen molar-refractivity contribution in [1.29, 1.82) is 0 Å². The van der Waals surface area contributed by atoms with Crippen molar-refractivity contribution < 1.29 is 28.1 Å². The van der Waals surface area contributed by atoms with E-state index in [1.165, 1.54) is 0 Å². The molecule has 38 heavy (non-hydrogen) atoms. The van der Waals surface area contributed by atoms with Crippen LogP contribution >= 0.6 is 31.9 Å². The van der Waals surface area contributed by atoms with Gasteiger partial charge >= 0.3 is 11.9 Å². The maximum Gasteiger partial charge on any atom is 0.360 e. The molecule has 0 aliphatic carbocycles. The number of carbonyl (C=O) groups is 2. The van der Waals surface area contributed by atoms with Crippen molar-refractivity contribution in [3.8, 4) is 0 Å². The number of hydrogen-bond acceptors (Lipinski definition) is 10. The van der Waals surface area contributed by atoms with Crippen LogP contribution in [0.4, 0.5) is 0 Å². The molecule has 14 heteroatoms. The smallest absolute Gasteiger partial charge is 0.360 e. The van der Waals surface area contributed by atoms with Gasteiger partial charge in [0.25, 0.3) is 0 Å². The Morgan fingerprint density at radius 2 is 1.34 bits per heavy atom. The minimum Gasteiger partial charge on any atom is -0.461 e. The van der Waals surface area contributed by atoms with E-state index in [0.717, 1.165) is 22.8 Å². The van der Waals surface area contributed by atoms with Gasteiger partial charge in [0.2, 0.25) is 0 Å². The molecule has 0 saturated heterocycles. The summed E-state index contributed by atoms with van der Waals surface area (Å²) in [6, 6.07) is 3.64. The highest BCUT2D eigenvalue weighted by Crippen LogP contribution is 2.24. The topological polar surface area (TPSA) is 140 Å². The third kappa shape index (κ3) is 6.98. The molecule has 0 N–H and O–H groups in total. The van der Waals surface area contributed by atoms with Gasteiger partial charge < -0.3 is 18.5 Å². The van der Waals surface area contributed by atoms with E-state index in [2.05, 4.69) is 52.4 Å². The number of carbonyl (C=O) groups excluding carboxylic acids is 2. The van der Waals surface area contributed by atoms with Crippen molar-refractivity contribution in [3.63, 3.8) is 0 Å². The van der Waals surface area contributed by atoms with Gasteiger partial charge in [0.15, 0.2) is 22.9 Å². The van der Waals surface area contributed by atoms with Gasteiger partial charge in [-0.1, -0.05) is 10.3 Å². The second-order valence-corrected chi connectivity index (χ2v) is 9.71. The first-order valence-electron chi connectivity index (χ1n) is 11.7. The number of ether oxygens (including phenoxy) is 2. The molecule has 0 atom stereocenters. The van der Waals surface area contributed by atoms with Crippen LogP contribution in [0.3, 0.4) is 0 Å². The SMILES string of the molecule is CCOC(=O)c1c(Br)c(C)nn1Cc1cc(C)no1.CCOC(=O)c1nn(Cc2cc(C)no2)c(C)c1Br. The number of aromatic nitrogens is 6. The minimum atomic E-state index is -0.440. The Morgan fingerprint density at radius 3 is 1.84 bits per heavy atom. The summed E-state index contributed by atoms with van der Waals surface area (Å²) in [4.78, 5) is 23.7. The second-order valence-electron chi connectivity index (χ2n) is 8.12. The quantitative estimate of drug-likeness (QED) is 0.239. The molecular weight excluding hydrogens is 628 g/mol. The second kappa shape index (κ2) is 13.0. The Hall–Kier alpha value is -3.26. The number of rotatable bonds is 8. The monoisotopic (exact) mass is 654 g/mol. The van der Waals surface area contributed by atoms with E-state index in [0.29, 0.717) is 52.5 Å². The van der Waals surface area contributed by atoms with Crippen molar-refractivity contribution >= 4 is 43.8 Å². The highest BCUT2D eigenvalue weighted by molar-refractivity contribution is 9.11. The van der Waals surface area contributed by atoms with E-state index in [9.17, 15) is 9.59 Å². The van der Waals surface area contributed by atoms with Crippen molar-refractivity contribution in [3.05, 3.63) is 66.8 Å². The Bertz CT molecular complexity index is 1420. The summed E-state index contributed by atoms with van der Waals surface area (Å²) >= 11 is 6.72. The molecule has 4 aromatic rings. The molecule has 0 spiro atoms. The summed E-state index contributed by atoms with van der Waals surface area (Å²) in [6.45, 7) is 12.3. The fourth-order valence-corrected chi connectivity index (χ4v) is 4.25. The highest BCUT2D eigenvalue weighted by Gasteiger charge is 2.22. The molecule has 0 bridgehead atoms. The number of aryl methyl sites for hydroxylation is 3. The van der Waals surface area contributed by atoms with E-state index in [1.54, 1.807) is 29.3 Å². The van der Waals surface area contributed by atoms with Crippen LogP contribution in [0.15, 0.2) is 30.1 Å². The molecule has 0 aliphatic heterocycles. The third-order valence-corrected chi connectivity index (χ3v) is 6.99. The molecule has 0 amide bonds. The van der Waals surface area contributed by atoms with Gasteiger partial charge in [0.1, 0.15) is 13.1 Å². The molecule has 4 aromatic heterocycles. The Kier molecular flexibility index (Phi) is 10.0. The van der Waals surface area contributed by atoms with Crippen LogP contribution in [-0.4, -0.2) is 55.0 Å². The van der Waals surface area contributed by atoms with E-state index in [4.69, 9.17) is 18.5 Å². The maximum atomic E-state index is 11.9. The lowest BCUT2D eigenvalue weighted by atomic mass is 10.3. The van der Waals surface area contributed by atoms with E-state index >= 15 is 0 Å². The predicted octanol–water partition coefficient (Wildman–Crippen LogP) is 4.95. The summed E-state index contributed by atoms with van der Waals surface area (Å²) in [7, 11) is 0. The van der Waals surface area contributed by atoms with Crippen molar-refractivity contribution in [2.75, 3.05) is 13.2 Å². The lowest BCUT2D eigenvalue weighted by Gasteiger charge is -2.05. The summed E-state index contributed by atoms with van der Waals surface area (Å²) in [5.74, 6) is 0.472. The van der Waals surface area contributed by atoms with Crippen LogP contribution in [0, 0.1) is 27.7 Å². The van der Waals surface area contributed by atoms with Crippen LogP contribution in [-0.2, 0) is 22.6 Å². The summed E-state index contributed by atoms with van der Waals surface area (Å²) in [5.41, 5.74) is 3.81. The van der Waals surface area contributed by atoms with Crippen molar-refractivity contribution in [2.24, 2.45) is 0 Å². The summed E-state index contributed by atoms with van der Waals surface area (Å²) in [6.07, 6.45) is 0. The molecular formula is C24H28Br2N6O6. The zero-order valence-electron chi connectivity index (χ0n) is 21.9. The van der Waals surface area contributed by atoms with Crippen molar-refractivity contribution in [2.45, 2.75) is 54.6 Å². The number of halogens is 2. The van der Waals surface area contributed by atoms with Gasteiger partial charge in [-0.05, 0) is 73.4 Å². The van der Waals surface area contributed by atoms with Crippen LogP contribution in [0.5, 0.6) is 0 Å². The standard InChI is InChI=1S/2C12H14BrN3O3/c1-4-18-12(17)11-10(13)8(3)16(14-11)6-9-5-7(2)15-19-9;1-4-18-12(17)11-10(13)8(3)14-16(11)6-9-5-7(2)15-19-9/h2*5H,4,6H2,1-3H3. The number of esters is 2. The average molecular weight is 656 g/mol. The van der Waals surface area contributed by atoms with Gasteiger partial charge in [-0.2, -0.15) is 10.2 Å². The molecule has 4 rings (SSSR count). The van der Waals surface area contributed by atoms with Gasteiger partial charge in [0.05, 0.1) is 44.9 Å². The number of nitrogens with zero attached hydrogens (tertiary/aromatic N) is 6. The van der Waals surface area contributed by atoms with E-state index in [-0.39, 0.29) is 5.69 Å². The number of hydrogen-bond donors (Lipinski definition) is 0. The average Bonchev–Trinajstić information content (AvgIpc) is 3.60. The molecule has 12 nitrogen and oxygen atoms in total. The Morgan fingerprint density at radius 1 is 0.816 bits per heavy atom. The fourth-order valence-electron chi connectivity index (χ4n) is 3.35. The van der Waals surface area contributed by atoms with Gasteiger partial charge in [0, 0.05) is 12.1 Å². The molecule has 0 aromatic carbocycles. The van der Waals surface area contributed by atoms with Crippen LogP contribution < -0.4 is 0 Å². The van der Waals surface area contributed by atoms with E-state index in [1.807, 2.05) is 33.8 Å². The molecule has 0 saturated carbocycles. The largest absolute Gasteiger partial charge is 0.461 e. The Balaban J connectivity index is 0.000000211. The lowest BCUT2D eigenvalue weighted by Crippen LogP contribution is -2.14. The third-order valence-electron chi connectivity index (χ3n) is 5.09. The highest BCUT2D eigenvalue weighted by atomic mass is 79.9. The van der Waals surface area contributed by atoms with Crippen LogP contribution in [0.1, 0.15) is 69.1 Å². The minimum absolute atomic E-state index is 0.274.